The van der Waals surface area contributed by atoms with Gasteiger partial charge in [-0.25, -0.2) is 0 Å². The van der Waals surface area contributed by atoms with Gasteiger partial charge in [-0.15, -0.1) is 5.26 Å². The summed E-state index contributed by atoms with van der Waals surface area (Å²) in [6.45, 7) is 8.07. The van der Waals surface area contributed by atoms with Gasteiger partial charge in [0.2, 0.25) is 0 Å². The molecule has 0 N–H and O–H groups in total. The van der Waals surface area contributed by atoms with Crippen LogP contribution in [0.3, 0.4) is 0 Å². The molecule has 0 radical (unpaired) electrons. The zero-order chi connectivity index (χ0) is 13.0. The van der Waals surface area contributed by atoms with E-state index in [0.717, 1.165) is 11.1 Å². The summed E-state index contributed by atoms with van der Waals surface area (Å²) in [5.41, 5.74) is 2.44. The van der Waals surface area contributed by atoms with E-state index >= 15 is 0 Å². The van der Waals surface area contributed by atoms with Crippen molar-refractivity contribution < 1.29 is 4.74 Å². The first kappa shape index (κ1) is 13.1. The third-order valence-electron chi connectivity index (χ3n) is 2.67. The van der Waals surface area contributed by atoms with Crippen molar-refractivity contribution >= 4 is 0 Å². The molecule has 1 rings (SSSR count). The summed E-state index contributed by atoms with van der Waals surface area (Å²) in [7, 11) is 0. The molecule has 1 aromatic carbocycles. The van der Waals surface area contributed by atoms with E-state index in [9.17, 15) is 0 Å². The fourth-order valence-electron chi connectivity index (χ4n) is 1.76. The molecule has 88 valence electrons. The van der Waals surface area contributed by atoms with E-state index < -0.39 is 0 Å². The zero-order valence-electron chi connectivity index (χ0n) is 10.6. The molecule has 17 heavy (non-hydrogen) atoms. The Kier molecular flexibility index (Phi) is 4.12. The van der Waals surface area contributed by atoms with Crippen molar-refractivity contribution in [2.75, 3.05) is 0 Å². The Morgan fingerprint density at radius 2 is 1.47 bits per heavy atom. The molecule has 0 amide bonds. The van der Waals surface area contributed by atoms with Gasteiger partial charge in [0.25, 0.3) is 6.26 Å². The summed E-state index contributed by atoms with van der Waals surface area (Å²) >= 11 is 0. The van der Waals surface area contributed by atoms with Crippen LogP contribution in [0.2, 0.25) is 0 Å². The molecular weight excluding hydrogens is 212 g/mol. The van der Waals surface area contributed by atoms with E-state index in [-0.39, 0.29) is 11.8 Å². The first-order chi connectivity index (χ1) is 8.01. The highest BCUT2D eigenvalue weighted by molar-refractivity contribution is 5.51. The number of nitrogens with zero attached hydrogens (tertiary/aromatic N) is 2. The topological polar surface area (TPSA) is 56.8 Å². The summed E-state index contributed by atoms with van der Waals surface area (Å²) in [6, 6.07) is 5.74. The normalized spacial score (nSPS) is 10.1. The van der Waals surface area contributed by atoms with Crippen LogP contribution in [0.25, 0.3) is 0 Å². The Morgan fingerprint density at radius 3 is 1.76 bits per heavy atom. The second kappa shape index (κ2) is 5.37. The number of ether oxygens (including phenoxy) is 1. The van der Waals surface area contributed by atoms with Gasteiger partial charge < -0.3 is 4.74 Å². The Bertz CT molecular complexity index is 461. The third kappa shape index (κ3) is 2.77. The van der Waals surface area contributed by atoms with Crippen LogP contribution >= 0.6 is 0 Å². The number of nitriles is 2. The van der Waals surface area contributed by atoms with E-state index in [2.05, 4.69) is 6.07 Å². The largest absolute Gasteiger partial charge is 0.387 e. The van der Waals surface area contributed by atoms with Gasteiger partial charge in [0.15, 0.2) is 0 Å². The quantitative estimate of drug-likeness (QED) is 0.742. The molecule has 0 atom stereocenters. The molecule has 3 nitrogen and oxygen atoms in total. The van der Waals surface area contributed by atoms with E-state index in [1.807, 2.05) is 27.7 Å². The molecule has 1 aromatic rings. The fourth-order valence-corrected chi connectivity index (χ4v) is 1.76. The summed E-state index contributed by atoms with van der Waals surface area (Å²) in [4.78, 5) is 0. The number of benzene rings is 1. The molecule has 0 aliphatic carbocycles. The van der Waals surface area contributed by atoms with Crippen LogP contribution in [0, 0.1) is 22.8 Å². The Hall–Kier alpha value is -2.00. The molecule has 0 saturated heterocycles. The van der Waals surface area contributed by atoms with Crippen LogP contribution in [0.15, 0.2) is 12.1 Å². The summed E-state index contributed by atoms with van der Waals surface area (Å²) in [6.07, 6.45) is 1.73. The van der Waals surface area contributed by atoms with Crippen LogP contribution in [0.4, 0.5) is 0 Å². The molecule has 0 fully saturated rings. The van der Waals surface area contributed by atoms with E-state index in [0.29, 0.717) is 11.3 Å². The van der Waals surface area contributed by atoms with Crippen molar-refractivity contribution in [2.45, 2.75) is 39.5 Å². The molecule has 0 aromatic heterocycles. The SMILES string of the molecule is CC(C)c1cc(C#N)cc(C(C)C)c1OC#N. The van der Waals surface area contributed by atoms with E-state index in [4.69, 9.17) is 15.3 Å². The van der Waals surface area contributed by atoms with Gasteiger partial charge in [0.05, 0.1) is 11.6 Å². The molecule has 0 unspecified atom stereocenters. The minimum absolute atomic E-state index is 0.212. The highest BCUT2D eigenvalue weighted by Gasteiger charge is 2.17. The smallest absolute Gasteiger partial charge is 0.292 e. The molecule has 0 heterocycles. The average molecular weight is 228 g/mol. The fraction of sp³-hybridized carbons (Fsp3) is 0.429. The summed E-state index contributed by atoms with van der Waals surface area (Å²) in [5.74, 6) is 1.03. The third-order valence-corrected chi connectivity index (χ3v) is 2.67. The van der Waals surface area contributed by atoms with Crippen LogP contribution in [-0.4, -0.2) is 0 Å². The van der Waals surface area contributed by atoms with E-state index in [1.165, 1.54) is 0 Å². The molecule has 0 aliphatic rings. The minimum atomic E-state index is 0.212. The summed E-state index contributed by atoms with van der Waals surface area (Å²) in [5, 5.41) is 17.7. The predicted octanol–water partition coefficient (Wildman–Crippen LogP) is 3.66. The number of hydrogen-bond donors (Lipinski definition) is 0. The Labute approximate surface area is 102 Å². The van der Waals surface area contributed by atoms with E-state index in [1.54, 1.807) is 18.4 Å². The van der Waals surface area contributed by atoms with Crippen molar-refractivity contribution in [1.29, 1.82) is 10.5 Å². The second-order valence-electron chi connectivity index (χ2n) is 4.60. The highest BCUT2D eigenvalue weighted by atomic mass is 16.5. The van der Waals surface area contributed by atoms with Crippen LogP contribution in [-0.2, 0) is 0 Å². The van der Waals surface area contributed by atoms with Crippen LogP contribution in [0.1, 0.15) is 56.2 Å². The van der Waals surface area contributed by atoms with Crippen LogP contribution in [0.5, 0.6) is 5.75 Å². The van der Waals surface area contributed by atoms with Crippen LogP contribution < -0.4 is 4.74 Å². The lowest BCUT2D eigenvalue weighted by atomic mass is 9.92. The van der Waals surface area contributed by atoms with Crippen molar-refractivity contribution in [1.82, 2.24) is 0 Å². The first-order valence-electron chi connectivity index (χ1n) is 5.65. The average Bonchev–Trinajstić information content (AvgIpc) is 2.28. The summed E-state index contributed by atoms with van der Waals surface area (Å²) < 4.78 is 5.09. The Balaban J connectivity index is 3.52. The lowest BCUT2D eigenvalue weighted by molar-refractivity contribution is 0.485. The zero-order valence-corrected chi connectivity index (χ0v) is 10.6. The molecule has 0 saturated carbocycles. The highest BCUT2D eigenvalue weighted by Crippen LogP contribution is 2.35. The lowest BCUT2D eigenvalue weighted by Gasteiger charge is -2.17. The van der Waals surface area contributed by atoms with Gasteiger partial charge in [-0.3, -0.25) is 0 Å². The predicted molar refractivity (Wildman–Crippen MR) is 65.6 cm³/mol. The van der Waals surface area contributed by atoms with Gasteiger partial charge in [-0.1, -0.05) is 27.7 Å². The second-order valence-corrected chi connectivity index (χ2v) is 4.60. The first-order valence-corrected chi connectivity index (χ1v) is 5.65. The van der Waals surface area contributed by atoms with Gasteiger partial charge in [-0.05, 0) is 24.0 Å². The maximum atomic E-state index is 9.02. The number of hydrogen-bond acceptors (Lipinski definition) is 3. The lowest BCUT2D eigenvalue weighted by Crippen LogP contribution is -2.01. The maximum Gasteiger partial charge on any atom is 0.292 e. The van der Waals surface area contributed by atoms with Crippen molar-refractivity contribution in [3.05, 3.63) is 28.8 Å². The van der Waals surface area contributed by atoms with Crippen molar-refractivity contribution in [2.24, 2.45) is 0 Å². The van der Waals surface area contributed by atoms with Crippen molar-refractivity contribution in [3.8, 4) is 18.1 Å². The van der Waals surface area contributed by atoms with Gasteiger partial charge >= 0.3 is 0 Å². The molecular formula is C14H16N2O. The Morgan fingerprint density at radius 1 is 1.00 bits per heavy atom. The van der Waals surface area contributed by atoms with Gasteiger partial charge in [-0.2, -0.15) is 5.26 Å². The van der Waals surface area contributed by atoms with Crippen molar-refractivity contribution in [3.63, 3.8) is 0 Å². The minimum Gasteiger partial charge on any atom is -0.387 e. The van der Waals surface area contributed by atoms with Gasteiger partial charge in [0, 0.05) is 11.1 Å². The molecule has 0 spiro atoms. The maximum absolute atomic E-state index is 9.02. The van der Waals surface area contributed by atoms with Gasteiger partial charge in [0.1, 0.15) is 5.75 Å². The molecule has 3 heteroatoms. The monoisotopic (exact) mass is 228 g/mol. The molecule has 0 bridgehead atoms. The number of rotatable bonds is 3. The molecule has 0 aliphatic heterocycles. The standard InChI is InChI=1S/C14H16N2O/c1-9(2)12-5-11(7-15)6-13(10(3)4)14(12)17-8-16/h5-6,9-10H,1-4H3.